The smallest absolute Gasteiger partial charge is 0.410 e. The van der Waals surface area contributed by atoms with Gasteiger partial charge < -0.3 is 35.4 Å². The molecule has 2 aromatic carbocycles. The highest BCUT2D eigenvalue weighted by Gasteiger charge is 2.36. The molecule has 11 nitrogen and oxygen atoms in total. The number of nitrogens with zero attached hydrogens (tertiary/aromatic N) is 5. The van der Waals surface area contributed by atoms with Crippen LogP contribution >= 0.6 is 15.9 Å². The monoisotopic (exact) mass is 695 g/mol. The first-order valence-corrected chi connectivity index (χ1v) is 17.4. The molecule has 6 rings (SSSR count). The standard InChI is InChI=1S/C34H46BrN7O4/c1-38-18-20-39(21-19-38)26-9-13-40(14-10-26)32(43)31(23-24-6-7-29(36)28(35)22-24)46-34(45)41-15-11-27(12-16-41)42-17-8-25-4-2-3-5-30(25)37-33(42)44/h2-7,22,26-27,31H,8-21,23,36H2,1H3,(H,37,44)/t31-/m1/s1. The summed E-state index contributed by atoms with van der Waals surface area (Å²) in [7, 11) is 2.16. The summed E-state index contributed by atoms with van der Waals surface area (Å²) in [4.78, 5) is 50.9. The molecule has 4 aliphatic rings. The fourth-order valence-electron chi connectivity index (χ4n) is 7.23. The van der Waals surface area contributed by atoms with E-state index in [1.54, 1.807) is 11.0 Å². The molecule has 3 N–H and O–H groups in total. The SMILES string of the molecule is CN1CCN(C2CCN(C(=O)[C@@H](Cc3ccc(N)c(Br)c3)OC(=O)N3CCC(N4CCc5ccccc5NC4=O)CC3)CC2)CC1. The van der Waals surface area contributed by atoms with Crippen LogP contribution < -0.4 is 11.1 Å². The van der Waals surface area contributed by atoms with Gasteiger partial charge in [0, 0.05) is 93.3 Å². The van der Waals surface area contributed by atoms with Gasteiger partial charge in [0.2, 0.25) is 0 Å². The maximum atomic E-state index is 13.9. The third-order valence-electron chi connectivity index (χ3n) is 10.1. The van der Waals surface area contributed by atoms with E-state index in [-0.39, 0.29) is 24.4 Å². The van der Waals surface area contributed by atoms with Crippen LogP contribution in [0, 0.1) is 0 Å². The second kappa shape index (κ2) is 14.6. The number of fused-ring (bicyclic) bond motifs is 1. The second-order valence-corrected chi connectivity index (χ2v) is 13.9. The van der Waals surface area contributed by atoms with E-state index in [2.05, 4.69) is 38.1 Å². The number of ether oxygens (including phenoxy) is 1. The van der Waals surface area contributed by atoms with Crippen LogP contribution in [0.3, 0.4) is 0 Å². The van der Waals surface area contributed by atoms with Gasteiger partial charge in [0.15, 0.2) is 6.10 Å². The van der Waals surface area contributed by atoms with Crippen molar-refractivity contribution in [2.45, 2.75) is 56.7 Å². The highest BCUT2D eigenvalue weighted by Crippen LogP contribution is 2.27. The van der Waals surface area contributed by atoms with Gasteiger partial charge in [-0.3, -0.25) is 9.69 Å². The number of nitrogen functional groups attached to an aromatic ring is 1. The molecule has 12 heteroatoms. The van der Waals surface area contributed by atoms with E-state index in [1.165, 1.54) is 0 Å². The van der Waals surface area contributed by atoms with E-state index in [1.807, 2.05) is 46.2 Å². The maximum absolute atomic E-state index is 13.9. The van der Waals surface area contributed by atoms with Crippen LogP contribution in [0.2, 0.25) is 0 Å². The molecule has 3 saturated heterocycles. The number of nitrogens with one attached hydrogen (secondary N) is 1. The summed E-state index contributed by atoms with van der Waals surface area (Å²) in [5.74, 6) is -0.145. The number of benzene rings is 2. The Labute approximate surface area is 280 Å². The molecule has 0 aromatic heterocycles. The van der Waals surface area contributed by atoms with E-state index in [0.29, 0.717) is 57.3 Å². The number of halogens is 1. The molecule has 0 unspecified atom stereocenters. The van der Waals surface area contributed by atoms with E-state index < -0.39 is 12.2 Å². The molecule has 0 saturated carbocycles. The van der Waals surface area contributed by atoms with E-state index in [9.17, 15) is 14.4 Å². The quantitative estimate of drug-likeness (QED) is 0.441. The number of amides is 4. The van der Waals surface area contributed by atoms with Gasteiger partial charge >= 0.3 is 12.1 Å². The molecule has 2 aromatic rings. The lowest BCUT2D eigenvalue weighted by atomic mass is 10.0. The number of piperazine rings is 1. The Hall–Kier alpha value is -3.35. The van der Waals surface area contributed by atoms with Crippen LogP contribution in [0.5, 0.6) is 0 Å². The minimum absolute atomic E-state index is 0.0320. The average molecular weight is 697 g/mol. The van der Waals surface area contributed by atoms with E-state index >= 15 is 0 Å². The normalized spacial score (nSPS) is 21.3. The number of urea groups is 1. The van der Waals surface area contributed by atoms with Crippen LogP contribution in [0.1, 0.15) is 36.8 Å². The number of carbonyl (C=O) groups is 3. The summed E-state index contributed by atoms with van der Waals surface area (Å²) in [6.07, 6.45) is 2.80. The molecular formula is C34H46BrN7O4. The minimum Gasteiger partial charge on any atom is -0.436 e. The van der Waals surface area contributed by atoms with Gasteiger partial charge in [-0.25, -0.2) is 9.59 Å². The molecule has 248 valence electrons. The van der Waals surface area contributed by atoms with Gasteiger partial charge in [0.05, 0.1) is 0 Å². The molecule has 4 amide bonds. The highest BCUT2D eigenvalue weighted by molar-refractivity contribution is 9.10. The molecule has 0 aliphatic carbocycles. The van der Waals surface area contributed by atoms with Crippen molar-refractivity contribution in [1.29, 1.82) is 0 Å². The zero-order valence-corrected chi connectivity index (χ0v) is 28.3. The van der Waals surface area contributed by atoms with E-state index in [0.717, 1.165) is 66.7 Å². The Morgan fingerprint density at radius 1 is 0.913 bits per heavy atom. The fourth-order valence-corrected chi connectivity index (χ4v) is 7.65. The first-order chi connectivity index (χ1) is 22.2. The Balaban J connectivity index is 1.07. The highest BCUT2D eigenvalue weighted by atomic mass is 79.9. The van der Waals surface area contributed by atoms with Crippen molar-refractivity contribution >= 4 is 45.3 Å². The van der Waals surface area contributed by atoms with Crippen molar-refractivity contribution in [2.75, 3.05) is 77.0 Å². The first kappa shape index (κ1) is 32.6. The molecular weight excluding hydrogens is 650 g/mol. The van der Waals surface area contributed by atoms with Gasteiger partial charge in [0.1, 0.15) is 0 Å². The average Bonchev–Trinajstić information content (AvgIpc) is 3.24. The Bertz CT molecular complexity index is 1400. The molecule has 4 heterocycles. The number of likely N-dealkylation sites (N-methyl/N-ethyl adjacent to an activating group) is 1. The molecule has 0 radical (unpaired) electrons. The summed E-state index contributed by atoms with van der Waals surface area (Å²) < 4.78 is 6.79. The predicted octanol–water partition coefficient (Wildman–Crippen LogP) is 3.87. The van der Waals surface area contributed by atoms with Gasteiger partial charge in [-0.2, -0.15) is 0 Å². The van der Waals surface area contributed by atoms with Gasteiger partial charge in [0.25, 0.3) is 5.91 Å². The topological polar surface area (TPSA) is 115 Å². The lowest BCUT2D eigenvalue weighted by Crippen LogP contribution is -2.54. The molecule has 0 bridgehead atoms. The number of hydrogen-bond donors (Lipinski definition) is 2. The van der Waals surface area contributed by atoms with Crippen LogP contribution in [0.25, 0.3) is 0 Å². The zero-order valence-electron chi connectivity index (χ0n) is 26.7. The predicted molar refractivity (Wildman–Crippen MR) is 182 cm³/mol. The number of piperidine rings is 2. The van der Waals surface area contributed by atoms with Crippen LogP contribution in [0.4, 0.5) is 21.0 Å². The molecule has 0 spiro atoms. The summed E-state index contributed by atoms with van der Waals surface area (Å²) in [5, 5.41) is 3.05. The van der Waals surface area contributed by atoms with Crippen LogP contribution in [-0.4, -0.2) is 127 Å². The van der Waals surface area contributed by atoms with Crippen LogP contribution in [-0.2, 0) is 22.4 Å². The summed E-state index contributed by atoms with van der Waals surface area (Å²) >= 11 is 3.49. The van der Waals surface area contributed by atoms with Crippen molar-refractivity contribution in [3.8, 4) is 0 Å². The summed E-state index contributed by atoms with van der Waals surface area (Å²) in [5.41, 5.74) is 9.49. The van der Waals surface area contributed by atoms with Gasteiger partial charge in [-0.15, -0.1) is 0 Å². The number of carbonyl (C=O) groups excluding carboxylic acids is 3. The molecule has 1 atom stereocenters. The Kier molecular flexibility index (Phi) is 10.3. The molecule has 4 aliphatic heterocycles. The van der Waals surface area contributed by atoms with Crippen molar-refractivity contribution in [2.24, 2.45) is 0 Å². The third-order valence-corrected chi connectivity index (χ3v) is 10.8. The number of hydrogen-bond acceptors (Lipinski definition) is 7. The second-order valence-electron chi connectivity index (χ2n) is 13.1. The van der Waals surface area contributed by atoms with Gasteiger partial charge in [-0.1, -0.05) is 24.3 Å². The Morgan fingerprint density at radius 2 is 1.59 bits per heavy atom. The maximum Gasteiger partial charge on any atom is 0.410 e. The van der Waals surface area contributed by atoms with Crippen molar-refractivity contribution < 1.29 is 19.1 Å². The summed E-state index contributed by atoms with van der Waals surface area (Å²) in [6, 6.07) is 13.9. The number of likely N-dealkylation sites (tertiary alicyclic amines) is 2. The molecule has 46 heavy (non-hydrogen) atoms. The van der Waals surface area contributed by atoms with Crippen LogP contribution in [0.15, 0.2) is 46.9 Å². The van der Waals surface area contributed by atoms with Crippen molar-refractivity contribution in [1.82, 2.24) is 24.5 Å². The lowest BCUT2D eigenvalue weighted by Gasteiger charge is -2.42. The first-order valence-electron chi connectivity index (χ1n) is 16.6. The van der Waals surface area contributed by atoms with E-state index in [4.69, 9.17) is 10.5 Å². The summed E-state index contributed by atoms with van der Waals surface area (Å²) in [6.45, 7) is 7.15. The third kappa shape index (κ3) is 7.61. The number of para-hydroxylation sites is 1. The van der Waals surface area contributed by atoms with Crippen molar-refractivity contribution in [3.63, 3.8) is 0 Å². The largest absolute Gasteiger partial charge is 0.436 e. The van der Waals surface area contributed by atoms with Gasteiger partial charge in [-0.05, 0) is 84.4 Å². The van der Waals surface area contributed by atoms with Crippen molar-refractivity contribution in [3.05, 3.63) is 58.1 Å². The minimum atomic E-state index is -0.934. The number of nitrogens with two attached hydrogens (primary N) is 1. The lowest BCUT2D eigenvalue weighted by molar-refractivity contribution is -0.142. The zero-order chi connectivity index (χ0) is 32.2. The number of rotatable bonds is 6. The fraction of sp³-hybridized carbons (Fsp3) is 0.559. The molecule has 3 fully saturated rings. The number of anilines is 2. The Morgan fingerprint density at radius 3 is 2.30 bits per heavy atom.